The van der Waals surface area contributed by atoms with Crippen LogP contribution in [0.2, 0.25) is 0 Å². The van der Waals surface area contributed by atoms with Crippen molar-refractivity contribution in [2.75, 3.05) is 32.7 Å². The lowest BCUT2D eigenvalue weighted by Gasteiger charge is -2.37. The molecule has 3 heterocycles. The molecule has 5 nitrogen and oxygen atoms in total. The minimum atomic E-state index is 0.298. The van der Waals surface area contributed by atoms with Crippen LogP contribution >= 0.6 is 0 Å². The molecular formula is C15H22N4O. The molecule has 0 aromatic carbocycles. The van der Waals surface area contributed by atoms with Crippen LogP contribution in [0.3, 0.4) is 0 Å². The highest BCUT2D eigenvalue weighted by molar-refractivity contribution is 5.11. The molecule has 3 aliphatic rings. The second kappa shape index (κ2) is 5.30. The van der Waals surface area contributed by atoms with Crippen molar-refractivity contribution in [1.82, 2.24) is 19.8 Å². The number of nitrogens with zero attached hydrogens (tertiary/aromatic N) is 4. The van der Waals surface area contributed by atoms with E-state index in [1.807, 2.05) is 0 Å². The van der Waals surface area contributed by atoms with Gasteiger partial charge in [-0.1, -0.05) is 0 Å². The van der Waals surface area contributed by atoms with Crippen LogP contribution in [0.15, 0.2) is 18.7 Å². The Hall–Kier alpha value is -1.20. The lowest BCUT2D eigenvalue weighted by Crippen LogP contribution is -2.50. The van der Waals surface area contributed by atoms with Gasteiger partial charge in [0.25, 0.3) is 0 Å². The van der Waals surface area contributed by atoms with Gasteiger partial charge < -0.3 is 9.64 Å². The lowest BCUT2D eigenvalue weighted by molar-refractivity contribution is 0.0994. The molecule has 20 heavy (non-hydrogen) atoms. The Balaban J connectivity index is 1.32. The normalized spacial score (nSPS) is 31.2. The average molecular weight is 274 g/mol. The number of rotatable bonds is 4. The van der Waals surface area contributed by atoms with E-state index in [0.29, 0.717) is 12.1 Å². The molecule has 2 atom stereocenters. The third-order valence-corrected chi connectivity index (χ3v) is 4.71. The van der Waals surface area contributed by atoms with Gasteiger partial charge in [0.05, 0.1) is 12.4 Å². The van der Waals surface area contributed by atoms with Crippen LogP contribution in [-0.2, 0) is 0 Å². The predicted molar refractivity (Wildman–Crippen MR) is 75.6 cm³/mol. The monoisotopic (exact) mass is 274 g/mol. The highest BCUT2D eigenvalue weighted by atomic mass is 16.5. The summed E-state index contributed by atoms with van der Waals surface area (Å²) in [5.74, 6) is 1.80. The molecule has 0 spiro atoms. The number of piperazine rings is 1. The van der Waals surface area contributed by atoms with E-state index >= 15 is 0 Å². The Labute approximate surface area is 120 Å². The van der Waals surface area contributed by atoms with Gasteiger partial charge in [0.1, 0.15) is 12.4 Å². The van der Waals surface area contributed by atoms with Crippen LogP contribution in [0.25, 0.3) is 0 Å². The van der Waals surface area contributed by atoms with Crippen LogP contribution in [0.1, 0.15) is 19.3 Å². The number of ether oxygens (including phenoxy) is 1. The fourth-order valence-corrected chi connectivity index (χ4v) is 3.52. The van der Waals surface area contributed by atoms with Gasteiger partial charge in [-0.25, -0.2) is 9.97 Å². The van der Waals surface area contributed by atoms with Crippen molar-refractivity contribution in [3.8, 4) is 5.75 Å². The summed E-state index contributed by atoms with van der Waals surface area (Å²) in [5.41, 5.74) is 0. The Morgan fingerprint density at radius 2 is 2.00 bits per heavy atom. The first kappa shape index (κ1) is 12.5. The second-order valence-electron chi connectivity index (χ2n) is 6.40. The molecular weight excluding hydrogens is 252 g/mol. The average Bonchev–Trinajstić information content (AvgIpc) is 3.18. The Bertz CT molecular complexity index is 450. The van der Waals surface area contributed by atoms with E-state index in [9.17, 15) is 0 Å². The van der Waals surface area contributed by atoms with Crippen molar-refractivity contribution in [2.24, 2.45) is 5.92 Å². The zero-order chi connectivity index (χ0) is 13.4. The van der Waals surface area contributed by atoms with E-state index in [2.05, 4.69) is 19.8 Å². The summed E-state index contributed by atoms with van der Waals surface area (Å²) in [4.78, 5) is 13.3. The van der Waals surface area contributed by atoms with Crippen LogP contribution < -0.4 is 4.74 Å². The van der Waals surface area contributed by atoms with Gasteiger partial charge in [-0.05, 0) is 18.8 Å². The third-order valence-electron chi connectivity index (χ3n) is 4.71. The van der Waals surface area contributed by atoms with Crippen molar-refractivity contribution in [1.29, 1.82) is 0 Å². The molecule has 2 saturated heterocycles. The SMILES string of the molecule is c1ncc(O[C@H]2C[C@H]3CN(CC4CC4)CCN3C2)cn1. The minimum Gasteiger partial charge on any atom is -0.486 e. The molecule has 108 valence electrons. The first-order valence-corrected chi connectivity index (χ1v) is 7.75. The summed E-state index contributed by atoms with van der Waals surface area (Å²) < 4.78 is 6.01. The predicted octanol–water partition coefficient (Wildman–Crippen LogP) is 1.02. The van der Waals surface area contributed by atoms with Crippen LogP contribution in [0, 0.1) is 5.92 Å². The van der Waals surface area contributed by atoms with E-state index in [1.54, 1.807) is 18.7 Å². The van der Waals surface area contributed by atoms with Crippen molar-refractivity contribution >= 4 is 0 Å². The van der Waals surface area contributed by atoms with Crippen molar-refractivity contribution in [3.05, 3.63) is 18.7 Å². The van der Waals surface area contributed by atoms with Crippen LogP contribution in [-0.4, -0.2) is 64.6 Å². The molecule has 0 N–H and O–H groups in total. The van der Waals surface area contributed by atoms with E-state index in [4.69, 9.17) is 4.74 Å². The van der Waals surface area contributed by atoms with Crippen LogP contribution in [0.4, 0.5) is 0 Å². The molecule has 0 bridgehead atoms. The molecule has 4 rings (SSSR count). The van der Waals surface area contributed by atoms with Crippen molar-refractivity contribution in [3.63, 3.8) is 0 Å². The molecule has 0 amide bonds. The largest absolute Gasteiger partial charge is 0.486 e. The standard InChI is InChI=1S/C15H22N4O/c1-2-12(1)8-18-3-4-19-10-14(5-13(19)9-18)20-15-6-16-11-17-7-15/h6-7,11-14H,1-5,8-10H2/t13-,14-/m0/s1. The summed E-state index contributed by atoms with van der Waals surface area (Å²) in [6, 6.07) is 0.678. The maximum atomic E-state index is 6.01. The summed E-state index contributed by atoms with van der Waals surface area (Å²) in [7, 11) is 0. The number of aromatic nitrogens is 2. The van der Waals surface area contributed by atoms with E-state index in [-0.39, 0.29) is 0 Å². The molecule has 1 aliphatic carbocycles. The van der Waals surface area contributed by atoms with E-state index < -0.39 is 0 Å². The highest BCUT2D eigenvalue weighted by Crippen LogP contribution is 2.32. The molecule has 0 unspecified atom stereocenters. The van der Waals surface area contributed by atoms with Crippen molar-refractivity contribution in [2.45, 2.75) is 31.4 Å². The third kappa shape index (κ3) is 2.79. The summed E-state index contributed by atoms with van der Waals surface area (Å²) in [6.07, 6.45) is 9.38. The molecule has 0 radical (unpaired) electrons. The van der Waals surface area contributed by atoms with Crippen molar-refractivity contribution < 1.29 is 4.74 Å². The van der Waals surface area contributed by atoms with Gasteiger partial charge in [0.15, 0.2) is 5.75 Å². The highest BCUT2D eigenvalue weighted by Gasteiger charge is 2.38. The summed E-state index contributed by atoms with van der Waals surface area (Å²) >= 11 is 0. The van der Waals surface area contributed by atoms with Gasteiger partial charge in [0, 0.05) is 45.2 Å². The topological polar surface area (TPSA) is 41.5 Å². The molecule has 1 aromatic heterocycles. The van der Waals surface area contributed by atoms with E-state index in [1.165, 1.54) is 39.0 Å². The Morgan fingerprint density at radius 3 is 2.80 bits per heavy atom. The maximum absolute atomic E-state index is 6.01. The fraction of sp³-hybridized carbons (Fsp3) is 0.733. The fourth-order valence-electron chi connectivity index (χ4n) is 3.52. The van der Waals surface area contributed by atoms with Gasteiger partial charge >= 0.3 is 0 Å². The molecule has 5 heteroatoms. The zero-order valence-electron chi connectivity index (χ0n) is 11.8. The second-order valence-corrected chi connectivity index (χ2v) is 6.40. The first-order chi connectivity index (χ1) is 9.87. The van der Waals surface area contributed by atoms with Gasteiger partial charge in [0.2, 0.25) is 0 Å². The van der Waals surface area contributed by atoms with Crippen LogP contribution in [0.5, 0.6) is 5.75 Å². The maximum Gasteiger partial charge on any atom is 0.156 e. The van der Waals surface area contributed by atoms with Gasteiger partial charge in [-0.3, -0.25) is 4.90 Å². The smallest absolute Gasteiger partial charge is 0.156 e. The zero-order valence-corrected chi connectivity index (χ0v) is 11.8. The first-order valence-electron chi connectivity index (χ1n) is 7.75. The number of hydrogen-bond donors (Lipinski definition) is 0. The minimum absolute atomic E-state index is 0.298. The van der Waals surface area contributed by atoms with Gasteiger partial charge in [-0.2, -0.15) is 0 Å². The quantitative estimate of drug-likeness (QED) is 0.820. The van der Waals surface area contributed by atoms with Gasteiger partial charge in [-0.15, -0.1) is 0 Å². The summed E-state index contributed by atoms with van der Waals surface area (Å²) in [5, 5.41) is 0. The van der Waals surface area contributed by atoms with E-state index in [0.717, 1.165) is 24.6 Å². The molecule has 1 aromatic rings. The molecule has 2 aliphatic heterocycles. The molecule has 1 saturated carbocycles. The molecule has 3 fully saturated rings. The number of fused-ring (bicyclic) bond motifs is 1. The Kier molecular flexibility index (Phi) is 3.32. The summed E-state index contributed by atoms with van der Waals surface area (Å²) in [6.45, 7) is 6.03. The number of hydrogen-bond acceptors (Lipinski definition) is 5. The Morgan fingerprint density at radius 1 is 1.15 bits per heavy atom. The lowest BCUT2D eigenvalue weighted by atomic mass is 10.1.